The highest BCUT2D eigenvalue weighted by atomic mass is 32.2. The van der Waals surface area contributed by atoms with Gasteiger partial charge in [0.2, 0.25) is 0 Å². The Hall–Kier alpha value is -1.76. The molecule has 108 valence electrons. The van der Waals surface area contributed by atoms with Crippen LogP contribution in [-0.2, 0) is 0 Å². The number of thioether (sulfide) groups is 1. The molecule has 0 saturated carbocycles. The van der Waals surface area contributed by atoms with Gasteiger partial charge in [0.1, 0.15) is 11.3 Å². The number of benzene rings is 1. The molecule has 1 aromatic rings. The van der Waals surface area contributed by atoms with Gasteiger partial charge in [0.15, 0.2) is 0 Å². The highest BCUT2D eigenvalue weighted by Crippen LogP contribution is 2.38. The molecule has 1 saturated heterocycles. The van der Waals surface area contributed by atoms with Gasteiger partial charge in [0.05, 0.1) is 4.92 Å². The topological polar surface area (TPSA) is 92.5 Å². The molecular formula is C13H16N2O4S. The van der Waals surface area contributed by atoms with Gasteiger partial charge in [-0.2, -0.15) is 11.8 Å². The van der Waals surface area contributed by atoms with E-state index < -0.39 is 10.9 Å². The van der Waals surface area contributed by atoms with Gasteiger partial charge in [-0.1, -0.05) is 6.07 Å². The number of anilines is 1. The van der Waals surface area contributed by atoms with Crippen LogP contribution < -0.4 is 5.32 Å². The van der Waals surface area contributed by atoms with E-state index in [9.17, 15) is 14.9 Å². The molecular weight excluding hydrogens is 280 g/mol. The van der Waals surface area contributed by atoms with Crippen LogP contribution in [0, 0.1) is 10.1 Å². The Morgan fingerprint density at radius 2 is 2.35 bits per heavy atom. The Morgan fingerprint density at radius 1 is 1.60 bits per heavy atom. The van der Waals surface area contributed by atoms with Crippen molar-refractivity contribution in [2.45, 2.75) is 24.5 Å². The van der Waals surface area contributed by atoms with Gasteiger partial charge >= 0.3 is 11.7 Å². The van der Waals surface area contributed by atoms with E-state index in [1.807, 2.05) is 11.8 Å². The maximum Gasteiger partial charge on any atom is 0.342 e. The minimum Gasteiger partial charge on any atom is -0.477 e. The quantitative estimate of drug-likeness (QED) is 0.641. The average molecular weight is 296 g/mol. The summed E-state index contributed by atoms with van der Waals surface area (Å²) >= 11 is 1.84. The maximum absolute atomic E-state index is 11.1. The van der Waals surface area contributed by atoms with E-state index in [1.165, 1.54) is 12.1 Å². The van der Waals surface area contributed by atoms with Crippen LogP contribution in [0.25, 0.3) is 0 Å². The summed E-state index contributed by atoms with van der Waals surface area (Å²) in [4.78, 5) is 21.5. The largest absolute Gasteiger partial charge is 0.477 e. The van der Waals surface area contributed by atoms with Crippen molar-refractivity contribution in [3.63, 3.8) is 0 Å². The molecule has 0 spiro atoms. The van der Waals surface area contributed by atoms with Crippen molar-refractivity contribution >= 4 is 29.1 Å². The summed E-state index contributed by atoms with van der Waals surface area (Å²) in [7, 11) is 0. The fraction of sp³-hybridized carbons (Fsp3) is 0.462. The van der Waals surface area contributed by atoms with Crippen LogP contribution in [0.4, 0.5) is 11.4 Å². The summed E-state index contributed by atoms with van der Waals surface area (Å²) in [6.45, 7) is 2.70. The molecule has 1 atom stereocenters. The molecule has 1 aromatic carbocycles. The lowest BCUT2D eigenvalue weighted by Crippen LogP contribution is -2.27. The number of carbonyl (C=O) groups is 1. The van der Waals surface area contributed by atoms with Crippen LogP contribution in [0.15, 0.2) is 18.2 Å². The second-order valence-electron chi connectivity index (χ2n) is 5.02. The molecule has 1 fully saturated rings. The molecule has 1 aliphatic rings. The number of nitrogens with zero attached hydrogens (tertiary/aromatic N) is 1. The van der Waals surface area contributed by atoms with Gasteiger partial charge in [-0.05, 0) is 37.7 Å². The highest BCUT2D eigenvalue weighted by Gasteiger charge is 2.31. The number of para-hydroxylation sites is 1. The van der Waals surface area contributed by atoms with Gasteiger partial charge in [-0.3, -0.25) is 10.1 Å². The van der Waals surface area contributed by atoms with Crippen molar-refractivity contribution in [3.8, 4) is 0 Å². The van der Waals surface area contributed by atoms with Crippen LogP contribution in [0.5, 0.6) is 0 Å². The fourth-order valence-electron chi connectivity index (χ4n) is 2.31. The zero-order valence-electron chi connectivity index (χ0n) is 11.1. The summed E-state index contributed by atoms with van der Waals surface area (Å²) in [5, 5.41) is 23.2. The van der Waals surface area contributed by atoms with Gasteiger partial charge in [0, 0.05) is 11.3 Å². The lowest BCUT2D eigenvalue weighted by molar-refractivity contribution is -0.384. The van der Waals surface area contributed by atoms with Crippen LogP contribution in [0.1, 0.15) is 30.1 Å². The van der Waals surface area contributed by atoms with Crippen LogP contribution in [-0.4, -0.2) is 33.0 Å². The van der Waals surface area contributed by atoms with E-state index in [0.29, 0.717) is 6.54 Å². The molecule has 7 heteroatoms. The maximum atomic E-state index is 11.1. The molecule has 0 amide bonds. The Morgan fingerprint density at radius 3 is 2.90 bits per heavy atom. The second-order valence-corrected chi connectivity index (χ2v) is 6.70. The van der Waals surface area contributed by atoms with Crippen molar-refractivity contribution in [2.75, 3.05) is 17.6 Å². The summed E-state index contributed by atoms with van der Waals surface area (Å²) in [6.07, 6.45) is 2.19. The number of carboxylic acid groups (broad SMARTS) is 1. The molecule has 6 nitrogen and oxygen atoms in total. The molecule has 20 heavy (non-hydrogen) atoms. The van der Waals surface area contributed by atoms with E-state index in [1.54, 1.807) is 6.07 Å². The lowest BCUT2D eigenvalue weighted by Gasteiger charge is -2.23. The van der Waals surface area contributed by atoms with Crippen molar-refractivity contribution in [1.29, 1.82) is 0 Å². The van der Waals surface area contributed by atoms with Crippen LogP contribution in [0.2, 0.25) is 0 Å². The predicted octanol–water partition coefficient (Wildman–Crippen LogP) is 2.99. The monoisotopic (exact) mass is 296 g/mol. The first-order valence-corrected chi connectivity index (χ1v) is 7.30. The Labute approximate surface area is 120 Å². The standard InChI is InChI=1S/C13H16N2O4S/c1-13(6-3-7-20-13)8-14-10-5-2-4-9(12(16)17)11(10)15(18)19/h2,4-5,14H,3,6-8H2,1H3,(H,16,17). The Kier molecular flexibility index (Phi) is 4.17. The fourth-order valence-corrected chi connectivity index (χ4v) is 3.56. The number of nitrogens with one attached hydrogen (secondary N) is 1. The Balaban J connectivity index is 2.25. The van der Waals surface area contributed by atoms with Crippen molar-refractivity contribution in [1.82, 2.24) is 0 Å². The molecule has 0 bridgehead atoms. The molecule has 2 N–H and O–H groups in total. The van der Waals surface area contributed by atoms with E-state index in [2.05, 4.69) is 12.2 Å². The number of aromatic carboxylic acids is 1. The first-order chi connectivity index (χ1) is 9.43. The number of nitro benzene ring substituents is 1. The SMILES string of the molecule is CC1(CNc2cccc(C(=O)O)c2[N+](=O)[O-])CCCS1. The van der Waals surface area contributed by atoms with E-state index in [4.69, 9.17) is 5.11 Å². The van der Waals surface area contributed by atoms with Gasteiger partial charge in [-0.25, -0.2) is 4.79 Å². The molecule has 0 aliphatic carbocycles. The third kappa shape index (κ3) is 3.04. The lowest BCUT2D eigenvalue weighted by atomic mass is 10.1. The third-order valence-electron chi connectivity index (χ3n) is 3.40. The van der Waals surface area contributed by atoms with E-state index >= 15 is 0 Å². The molecule has 1 heterocycles. The van der Waals surface area contributed by atoms with E-state index in [0.717, 1.165) is 18.6 Å². The molecule has 2 rings (SSSR count). The first-order valence-electron chi connectivity index (χ1n) is 6.31. The predicted molar refractivity (Wildman–Crippen MR) is 78.6 cm³/mol. The summed E-state index contributed by atoms with van der Waals surface area (Å²) in [6, 6.07) is 4.31. The Bertz CT molecular complexity index is 541. The zero-order valence-corrected chi connectivity index (χ0v) is 11.9. The minimum absolute atomic E-state index is 0.0487. The summed E-state index contributed by atoms with van der Waals surface area (Å²) < 4.78 is 0.0487. The molecule has 0 radical (unpaired) electrons. The van der Waals surface area contributed by atoms with Crippen LogP contribution >= 0.6 is 11.8 Å². The van der Waals surface area contributed by atoms with Crippen molar-refractivity contribution < 1.29 is 14.8 Å². The van der Waals surface area contributed by atoms with Gasteiger partial charge in [-0.15, -0.1) is 0 Å². The van der Waals surface area contributed by atoms with Crippen LogP contribution in [0.3, 0.4) is 0 Å². The third-order valence-corrected chi connectivity index (χ3v) is 4.94. The number of hydrogen-bond acceptors (Lipinski definition) is 5. The minimum atomic E-state index is -1.29. The number of carboxylic acids is 1. The van der Waals surface area contributed by atoms with E-state index in [-0.39, 0.29) is 21.7 Å². The smallest absolute Gasteiger partial charge is 0.342 e. The normalized spacial score (nSPS) is 21.6. The summed E-state index contributed by atoms with van der Waals surface area (Å²) in [5.74, 6) is -0.197. The number of nitro groups is 1. The van der Waals surface area contributed by atoms with Gasteiger partial charge in [0.25, 0.3) is 0 Å². The molecule has 1 aliphatic heterocycles. The zero-order chi connectivity index (χ0) is 14.8. The number of rotatable bonds is 5. The second kappa shape index (κ2) is 5.70. The van der Waals surface area contributed by atoms with Gasteiger partial charge < -0.3 is 10.4 Å². The summed E-state index contributed by atoms with van der Waals surface area (Å²) in [5.41, 5.74) is -0.389. The number of hydrogen-bond donors (Lipinski definition) is 2. The average Bonchev–Trinajstić information content (AvgIpc) is 2.83. The molecule has 1 unspecified atom stereocenters. The van der Waals surface area contributed by atoms with Crippen molar-refractivity contribution in [3.05, 3.63) is 33.9 Å². The molecule has 0 aromatic heterocycles. The highest BCUT2D eigenvalue weighted by molar-refractivity contribution is 8.00. The first kappa shape index (κ1) is 14.6. The van der Waals surface area contributed by atoms with Crippen molar-refractivity contribution in [2.24, 2.45) is 0 Å².